The highest BCUT2D eigenvalue weighted by Crippen LogP contribution is 2.32. The van der Waals surface area contributed by atoms with E-state index < -0.39 is 11.8 Å². The minimum Gasteiger partial charge on any atom is -0.497 e. The molecule has 2 unspecified atom stereocenters. The molecule has 7 heteroatoms. The van der Waals surface area contributed by atoms with Crippen LogP contribution >= 0.6 is 15.9 Å². The zero-order chi connectivity index (χ0) is 22.4. The first kappa shape index (κ1) is 23.6. The van der Waals surface area contributed by atoms with Gasteiger partial charge in [0.15, 0.2) is 0 Å². The van der Waals surface area contributed by atoms with E-state index in [-0.39, 0.29) is 12.0 Å². The molecule has 31 heavy (non-hydrogen) atoms. The topological polar surface area (TPSA) is 57.2 Å². The SMILES string of the molecule is COc1ccc(COC2CN(OC(=O)OC(C)(C)C)CCC2c2ccc(Br)cc2)cc1. The van der Waals surface area contributed by atoms with Crippen molar-refractivity contribution in [1.82, 2.24) is 5.06 Å². The molecule has 168 valence electrons. The fourth-order valence-corrected chi connectivity index (χ4v) is 3.79. The van der Waals surface area contributed by atoms with Crippen LogP contribution in [0.4, 0.5) is 4.79 Å². The Morgan fingerprint density at radius 2 is 1.77 bits per heavy atom. The van der Waals surface area contributed by atoms with E-state index in [0.717, 1.165) is 22.2 Å². The average molecular weight is 492 g/mol. The fraction of sp³-hybridized carbons (Fsp3) is 0.458. The molecule has 0 aliphatic carbocycles. The summed E-state index contributed by atoms with van der Waals surface area (Å²) < 4.78 is 17.9. The number of methoxy groups -OCH3 is 1. The normalized spacial score (nSPS) is 19.6. The highest BCUT2D eigenvalue weighted by atomic mass is 79.9. The number of rotatable bonds is 6. The standard InChI is InChI=1S/C24H30BrNO5/c1-24(2,3)30-23(27)31-26-14-13-21(18-7-9-19(25)10-8-18)22(15-26)29-16-17-5-11-20(28-4)12-6-17/h5-12,21-22H,13-16H2,1-4H3. The monoisotopic (exact) mass is 491 g/mol. The minimum absolute atomic E-state index is 0.139. The molecule has 0 radical (unpaired) electrons. The summed E-state index contributed by atoms with van der Waals surface area (Å²) in [5.74, 6) is 1.01. The van der Waals surface area contributed by atoms with Gasteiger partial charge in [-0.2, -0.15) is 0 Å². The second-order valence-electron chi connectivity index (χ2n) is 8.59. The highest BCUT2D eigenvalue weighted by Gasteiger charge is 2.34. The lowest BCUT2D eigenvalue weighted by Crippen LogP contribution is -2.45. The number of hydrogen-bond donors (Lipinski definition) is 0. The molecule has 0 saturated carbocycles. The van der Waals surface area contributed by atoms with Crippen LogP contribution in [0.1, 0.15) is 44.2 Å². The Labute approximate surface area is 192 Å². The van der Waals surface area contributed by atoms with Crippen molar-refractivity contribution >= 4 is 22.1 Å². The molecule has 0 amide bonds. The maximum absolute atomic E-state index is 12.1. The molecular formula is C24H30BrNO5. The van der Waals surface area contributed by atoms with Crippen LogP contribution in [0.25, 0.3) is 0 Å². The van der Waals surface area contributed by atoms with Gasteiger partial charge in [-0.3, -0.25) is 0 Å². The summed E-state index contributed by atoms with van der Waals surface area (Å²) >= 11 is 3.50. The van der Waals surface area contributed by atoms with Gasteiger partial charge in [0, 0.05) is 16.9 Å². The first-order valence-corrected chi connectivity index (χ1v) is 11.2. The number of carbonyl (C=O) groups is 1. The van der Waals surface area contributed by atoms with Gasteiger partial charge in [-0.1, -0.05) is 40.2 Å². The summed E-state index contributed by atoms with van der Waals surface area (Å²) in [4.78, 5) is 17.6. The molecule has 2 aromatic rings. The lowest BCUT2D eigenvalue weighted by Gasteiger charge is -2.37. The van der Waals surface area contributed by atoms with E-state index in [2.05, 4.69) is 28.1 Å². The Balaban J connectivity index is 1.69. The Morgan fingerprint density at radius 1 is 1.10 bits per heavy atom. The number of benzene rings is 2. The van der Waals surface area contributed by atoms with Gasteiger partial charge in [0.2, 0.25) is 0 Å². The summed E-state index contributed by atoms with van der Waals surface area (Å²) in [5, 5.41) is 1.64. The maximum Gasteiger partial charge on any atom is 0.528 e. The third-order valence-corrected chi connectivity index (χ3v) is 5.56. The van der Waals surface area contributed by atoms with E-state index in [1.807, 2.05) is 57.2 Å². The number of ether oxygens (including phenoxy) is 3. The molecule has 1 aliphatic rings. The third-order valence-electron chi connectivity index (χ3n) is 5.04. The van der Waals surface area contributed by atoms with Gasteiger partial charge in [-0.05, 0) is 62.6 Å². The predicted molar refractivity (Wildman–Crippen MR) is 122 cm³/mol. The zero-order valence-corrected chi connectivity index (χ0v) is 20.1. The van der Waals surface area contributed by atoms with Gasteiger partial charge in [0.05, 0.1) is 26.4 Å². The molecule has 0 bridgehead atoms. The molecule has 6 nitrogen and oxygen atoms in total. The fourth-order valence-electron chi connectivity index (χ4n) is 3.53. The third kappa shape index (κ3) is 7.23. The van der Waals surface area contributed by atoms with Crippen LogP contribution in [-0.2, 0) is 20.9 Å². The van der Waals surface area contributed by atoms with Gasteiger partial charge in [0.1, 0.15) is 11.4 Å². The Bertz CT molecular complexity index is 848. The van der Waals surface area contributed by atoms with Crippen molar-refractivity contribution in [3.05, 3.63) is 64.1 Å². The lowest BCUT2D eigenvalue weighted by molar-refractivity contribution is -0.179. The molecule has 1 fully saturated rings. The lowest BCUT2D eigenvalue weighted by atomic mass is 9.87. The number of hydroxylamine groups is 2. The molecule has 1 heterocycles. The van der Waals surface area contributed by atoms with Crippen molar-refractivity contribution in [2.45, 2.75) is 51.4 Å². The van der Waals surface area contributed by atoms with Crippen molar-refractivity contribution in [2.75, 3.05) is 20.2 Å². The van der Waals surface area contributed by atoms with Crippen molar-refractivity contribution < 1.29 is 23.8 Å². The van der Waals surface area contributed by atoms with E-state index in [1.54, 1.807) is 12.2 Å². The van der Waals surface area contributed by atoms with Gasteiger partial charge in [0.25, 0.3) is 0 Å². The van der Waals surface area contributed by atoms with Crippen molar-refractivity contribution in [2.24, 2.45) is 0 Å². The van der Waals surface area contributed by atoms with Crippen LogP contribution in [0.5, 0.6) is 5.75 Å². The Hall–Kier alpha value is -2.09. The molecule has 2 atom stereocenters. The molecule has 0 N–H and O–H groups in total. The second kappa shape index (κ2) is 10.5. The largest absolute Gasteiger partial charge is 0.528 e. The molecule has 1 aliphatic heterocycles. The van der Waals surface area contributed by atoms with Crippen molar-refractivity contribution in [1.29, 1.82) is 0 Å². The van der Waals surface area contributed by atoms with Crippen LogP contribution in [0, 0.1) is 0 Å². The summed E-state index contributed by atoms with van der Waals surface area (Å²) in [6.07, 6.45) is -0.0273. The number of piperidine rings is 1. The Kier molecular flexibility index (Phi) is 7.97. The minimum atomic E-state index is -0.691. The quantitative estimate of drug-likeness (QED) is 0.483. The van der Waals surface area contributed by atoms with Gasteiger partial charge in [-0.25, -0.2) is 4.79 Å². The number of hydrogen-bond acceptors (Lipinski definition) is 6. The summed E-state index contributed by atoms with van der Waals surface area (Å²) in [6, 6.07) is 16.1. The van der Waals surface area contributed by atoms with Crippen LogP contribution < -0.4 is 4.74 Å². The van der Waals surface area contributed by atoms with Gasteiger partial charge < -0.3 is 19.0 Å². The molecule has 0 spiro atoms. The number of nitrogens with zero attached hydrogens (tertiary/aromatic N) is 1. The summed E-state index contributed by atoms with van der Waals surface area (Å²) in [6.45, 7) is 6.98. The van der Waals surface area contributed by atoms with E-state index in [4.69, 9.17) is 19.0 Å². The molecule has 0 aromatic heterocycles. The zero-order valence-electron chi connectivity index (χ0n) is 18.5. The van der Waals surface area contributed by atoms with Crippen molar-refractivity contribution in [3.63, 3.8) is 0 Å². The number of carbonyl (C=O) groups excluding carboxylic acids is 1. The highest BCUT2D eigenvalue weighted by molar-refractivity contribution is 9.10. The molecular weight excluding hydrogens is 462 g/mol. The molecule has 1 saturated heterocycles. The van der Waals surface area contributed by atoms with Crippen LogP contribution in [0.2, 0.25) is 0 Å². The van der Waals surface area contributed by atoms with Gasteiger partial charge >= 0.3 is 6.16 Å². The first-order valence-electron chi connectivity index (χ1n) is 10.4. The smallest absolute Gasteiger partial charge is 0.497 e. The van der Waals surface area contributed by atoms with E-state index in [1.165, 1.54) is 5.56 Å². The van der Waals surface area contributed by atoms with E-state index in [0.29, 0.717) is 19.7 Å². The van der Waals surface area contributed by atoms with Crippen molar-refractivity contribution in [3.8, 4) is 5.75 Å². The van der Waals surface area contributed by atoms with Gasteiger partial charge in [-0.15, -0.1) is 5.06 Å². The van der Waals surface area contributed by atoms with Crippen LogP contribution in [0.15, 0.2) is 53.0 Å². The van der Waals surface area contributed by atoms with E-state index >= 15 is 0 Å². The Morgan fingerprint density at radius 3 is 2.39 bits per heavy atom. The predicted octanol–water partition coefficient (Wildman–Crippen LogP) is 5.70. The molecule has 2 aromatic carbocycles. The second-order valence-corrected chi connectivity index (χ2v) is 9.50. The van der Waals surface area contributed by atoms with E-state index in [9.17, 15) is 4.79 Å². The summed E-state index contributed by atoms with van der Waals surface area (Å²) in [5.41, 5.74) is 1.66. The average Bonchev–Trinajstić information content (AvgIpc) is 2.72. The number of halogens is 1. The van der Waals surface area contributed by atoms with Crippen LogP contribution in [0.3, 0.4) is 0 Å². The molecule has 3 rings (SSSR count). The maximum atomic E-state index is 12.1. The van der Waals surface area contributed by atoms with Crippen LogP contribution in [-0.4, -0.2) is 43.1 Å². The summed E-state index contributed by atoms with van der Waals surface area (Å²) in [7, 11) is 1.65. The first-order chi connectivity index (χ1) is 14.7.